The van der Waals surface area contributed by atoms with Crippen LogP contribution < -0.4 is 5.73 Å². The van der Waals surface area contributed by atoms with Crippen LogP contribution in [0.5, 0.6) is 0 Å². The third-order valence-electron chi connectivity index (χ3n) is 3.78. The Morgan fingerprint density at radius 3 is 1.65 bits per heavy atom. The molecule has 1 unspecified atom stereocenters. The quantitative estimate of drug-likeness (QED) is 0.326. The minimum absolute atomic E-state index is 0.156. The topological polar surface area (TPSA) is 35.2 Å². The van der Waals surface area contributed by atoms with E-state index in [-0.39, 0.29) is 6.10 Å². The van der Waals surface area contributed by atoms with Gasteiger partial charge in [-0.3, -0.25) is 0 Å². The van der Waals surface area contributed by atoms with Gasteiger partial charge in [0.2, 0.25) is 0 Å². The van der Waals surface area contributed by atoms with Gasteiger partial charge in [-0.2, -0.15) is 0 Å². The van der Waals surface area contributed by atoms with Crippen LogP contribution in [0.2, 0.25) is 0 Å². The lowest BCUT2D eigenvalue weighted by Gasteiger charge is -2.21. The number of nitrogens with two attached hydrogens (primary N) is 1. The Labute approximate surface area is 125 Å². The van der Waals surface area contributed by atoms with Gasteiger partial charge in [-0.15, -0.1) is 0 Å². The molecule has 0 rings (SSSR count). The fourth-order valence-corrected chi connectivity index (χ4v) is 2.52. The van der Waals surface area contributed by atoms with E-state index < -0.39 is 12.9 Å². The highest BCUT2D eigenvalue weighted by molar-refractivity contribution is 4.62. The normalized spacial score (nSPS) is 13.1. The van der Waals surface area contributed by atoms with Gasteiger partial charge in [0.05, 0.1) is 6.10 Å². The van der Waals surface area contributed by atoms with E-state index in [0.29, 0.717) is 0 Å². The molecule has 0 radical (unpaired) electrons. The molecule has 0 aromatic carbocycles. The highest BCUT2D eigenvalue weighted by atomic mass is 19.1. The first-order valence-corrected chi connectivity index (χ1v) is 8.71. The number of alkyl halides is 1. The van der Waals surface area contributed by atoms with Gasteiger partial charge >= 0.3 is 0 Å². The van der Waals surface area contributed by atoms with Crippen LogP contribution in [0.15, 0.2) is 0 Å². The van der Waals surface area contributed by atoms with Crippen molar-refractivity contribution >= 4 is 0 Å². The SMILES string of the molecule is CCCCCCCC(CCCCCCC)OC(N)CF. The maximum atomic E-state index is 12.5. The lowest BCUT2D eigenvalue weighted by atomic mass is 10.0. The maximum Gasteiger partial charge on any atom is 0.134 e. The molecule has 0 aliphatic carbocycles. The zero-order valence-corrected chi connectivity index (χ0v) is 13.7. The van der Waals surface area contributed by atoms with Crippen molar-refractivity contribution in [1.82, 2.24) is 0 Å². The first kappa shape index (κ1) is 19.9. The van der Waals surface area contributed by atoms with Gasteiger partial charge in [-0.25, -0.2) is 4.39 Å². The third-order valence-corrected chi connectivity index (χ3v) is 3.78. The van der Waals surface area contributed by atoms with Gasteiger partial charge in [0.25, 0.3) is 0 Å². The second-order valence-electron chi connectivity index (χ2n) is 5.86. The predicted molar refractivity (Wildman–Crippen MR) is 85.6 cm³/mol. The standard InChI is InChI=1S/C17H36FNO/c1-3-5-7-9-11-13-16(20-17(19)15-18)14-12-10-8-6-4-2/h16-17H,3-15,19H2,1-2H3. The average Bonchev–Trinajstić information content (AvgIpc) is 2.46. The summed E-state index contributed by atoms with van der Waals surface area (Å²) in [5.74, 6) is 0. The minimum Gasteiger partial charge on any atom is -0.358 e. The summed E-state index contributed by atoms with van der Waals surface area (Å²) in [4.78, 5) is 0. The molecule has 0 aromatic rings. The Morgan fingerprint density at radius 1 is 0.800 bits per heavy atom. The van der Waals surface area contributed by atoms with Crippen LogP contribution in [0.1, 0.15) is 90.9 Å². The molecule has 0 fully saturated rings. The zero-order chi connectivity index (χ0) is 15.1. The van der Waals surface area contributed by atoms with E-state index >= 15 is 0 Å². The molecule has 0 amide bonds. The molecule has 2 N–H and O–H groups in total. The van der Waals surface area contributed by atoms with Crippen molar-refractivity contribution in [3.8, 4) is 0 Å². The number of hydrogen-bond acceptors (Lipinski definition) is 2. The van der Waals surface area contributed by atoms with Crippen molar-refractivity contribution in [2.24, 2.45) is 5.73 Å². The number of rotatable bonds is 15. The molecule has 2 nitrogen and oxygen atoms in total. The summed E-state index contributed by atoms with van der Waals surface area (Å²) in [6.45, 7) is 3.87. The molecular weight excluding hydrogens is 253 g/mol. The van der Waals surface area contributed by atoms with Crippen LogP contribution in [0.25, 0.3) is 0 Å². The van der Waals surface area contributed by atoms with Crippen molar-refractivity contribution < 1.29 is 9.13 Å². The first-order chi connectivity index (χ1) is 9.74. The average molecular weight is 289 g/mol. The summed E-state index contributed by atoms with van der Waals surface area (Å²) >= 11 is 0. The van der Waals surface area contributed by atoms with Crippen molar-refractivity contribution in [3.63, 3.8) is 0 Å². The summed E-state index contributed by atoms with van der Waals surface area (Å²) in [5, 5.41) is 0. The minimum atomic E-state index is -0.730. The largest absolute Gasteiger partial charge is 0.358 e. The molecule has 0 aromatic heterocycles. The first-order valence-electron chi connectivity index (χ1n) is 8.71. The number of hydrogen-bond donors (Lipinski definition) is 1. The second kappa shape index (κ2) is 15.2. The van der Waals surface area contributed by atoms with E-state index in [9.17, 15) is 4.39 Å². The zero-order valence-electron chi connectivity index (χ0n) is 13.7. The van der Waals surface area contributed by atoms with Gasteiger partial charge in [0.15, 0.2) is 0 Å². The molecule has 0 aliphatic heterocycles. The lowest BCUT2D eigenvalue weighted by molar-refractivity contribution is -0.0298. The Kier molecular flexibility index (Phi) is 15.1. The molecule has 0 heterocycles. The fourth-order valence-electron chi connectivity index (χ4n) is 2.52. The Balaban J connectivity index is 3.76. The van der Waals surface area contributed by atoms with Gasteiger partial charge in [0.1, 0.15) is 12.9 Å². The Morgan fingerprint density at radius 2 is 1.25 bits per heavy atom. The number of ether oxygens (including phenoxy) is 1. The molecular formula is C17H36FNO. The van der Waals surface area contributed by atoms with E-state index in [2.05, 4.69) is 13.8 Å². The lowest BCUT2D eigenvalue weighted by Crippen LogP contribution is -2.31. The molecule has 0 spiro atoms. The highest BCUT2D eigenvalue weighted by Gasteiger charge is 2.13. The molecule has 20 heavy (non-hydrogen) atoms. The Hall–Kier alpha value is -0.150. The van der Waals surface area contributed by atoms with Crippen molar-refractivity contribution in [2.45, 2.75) is 103 Å². The second-order valence-corrected chi connectivity index (χ2v) is 5.86. The van der Waals surface area contributed by atoms with Gasteiger partial charge < -0.3 is 10.5 Å². The number of halogens is 1. The van der Waals surface area contributed by atoms with Crippen LogP contribution in [-0.2, 0) is 4.74 Å². The number of unbranched alkanes of at least 4 members (excludes halogenated alkanes) is 8. The van der Waals surface area contributed by atoms with Crippen LogP contribution in [-0.4, -0.2) is 19.0 Å². The fraction of sp³-hybridized carbons (Fsp3) is 1.00. The predicted octanol–water partition coefficient (Wildman–Crippen LogP) is 5.35. The maximum absolute atomic E-state index is 12.5. The van der Waals surface area contributed by atoms with Crippen LogP contribution in [0.4, 0.5) is 4.39 Å². The van der Waals surface area contributed by atoms with E-state index in [0.717, 1.165) is 12.8 Å². The molecule has 0 bridgehead atoms. The molecule has 0 saturated heterocycles. The molecule has 0 aliphatic rings. The van der Waals surface area contributed by atoms with Gasteiger partial charge in [-0.1, -0.05) is 78.1 Å². The molecule has 0 saturated carbocycles. The molecule has 122 valence electrons. The van der Waals surface area contributed by atoms with Crippen molar-refractivity contribution in [2.75, 3.05) is 6.67 Å². The molecule has 3 heteroatoms. The summed E-state index contributed by atoms with van der Waals surface area (Å²) in [6.07, 6.45) is 14.1. The Bertz CT molecular complexity index is 176. The van der Waals surface area contributed by atoms with E-state index in [1.165, 1.54) is 64.2 Å². The summed E-state index contributed by atoms with van der Waals surface area (Å²) in [7, 11) is 0. The monoisotopic (exact) mass is 289 g/mol. The van der Waals surface area contributed by atoms with E-state index in [4.69, 9.17) is 10.5 Å². The van der Waals surface area contributed by atoms with Crippen molar-refractivity contribution in [1.29, 1.82) is 0 Å². The van der Waals surface area contributed by atoms with Crippen LogP contribution in [0, 0.1) is 0 Å². The summed E-state index contributed by atoms with van der Waals surface area (Å²) < 4.78 is 18.1. The smallest absolute Gasteiger partial charge is 0.134 e. The van der Waals surface area contributed by atoms with Crippen molar-refractivity contribution in [3.05, 3.63) is 0 Å². The van der Waals surface area contributed by atoms with E-state index in [1.54, 1.807) is 0 Å². The van der Waals surface area contributed by atoms with Crippen LogP contribution in [0.3, 0.4) is 0 Å². The highest BCUT2D eigenvalue weighted by Crippen LogP contribution is 2.17. The van der Waals surface area contributed by atoms with E-state index in [1.807, 2.05) is 0 Å². The third kappa shape index (κ3) is 12.9. The summed E-state index contributed by atoms with van der Waals surface area (Å²) in [5.41, 5.74) is 5.58. The van der Waals surface area contributed by atoms with Gasteiger partial charge in [-0.05, 0) is 12.8 Å². The summed E-state index contributed by atoms with van der Waals surface area (Å²) in [6, 6.07) is 0. The van der Waals surface area contributed by atoms with Crippen LogP contribution >= 0.6 is 0 Å². The molecule has 1 atom stereocenters. The van der Waals surface area contributed by atoms with Gasteiger partial charge in [0, 0.05) is 0 Å².